The zero-order valence-corrected chi connectivity index (χ0v) is 15.8. The molecule has 0 aliphatic carbocycles. The summed E-state index contributed by atoms with van der Waals surface area (Å²) in [5.74, 6) is 0.676. The topological polar surface area (TPSA) is 50.2 Å². The highest BCUT2D eigenvalue weighted by Crippen LogP contribution is 2.29. The maximum Gasteiger partial charge on any atom is 0.416 e. The molecule has 1 heterocycles. The maximum atomic E-state index is 12.7. The lowest BCUT2D eigenvalue weighted by atomic mass is 10.1. The molecule has 0 spiro atoms. The summed E-state index contributed by atoms with van der Waals surface area (Å²) in [4.78, 5) is 18.3. The van der Waals surface area contributed by atoms with E-state index in [0.717, 1.165) is 24.1 Å². The minimum atomic E-state index is -4.34. The van der Waals surface area contributed by atoms with Gasteiger partial charge in [0.1, 0.15) is 5.82 Å². The molecule has 2 amide bonds. The molecule has 0 aliphatic heterocycles. The highest BCUT2D eigenvalue weighted by Gasteiger charge is 2.30. The third-order valence-electron chi connectivity index (χ3n) is 4.16. The summed E-state index contributed by atoms with van der Waals surface area (Å²) in [6, 6.07) is 4.89. The van der Waals surface area contributed by atoms with E-state index >= 15 is 0 Å². The predicted molar refractivity (Wildman–Crippen MR) is 97.1 cm³/mol. The highest BCUT2D eigenvalue weighted by molar-refractivity contribution is 5.74. The Morgan fingerprint density at radius 2 is 1.93 bits per heavy atom. The number of carbonyl (C=O) groups excluding carboxylic acids is 1. The van der Waals surface area contributed by atoms with Gasteiger partial charge in [-0.2, -0.15) is 13.2 Å². The first-order valence-corrected chi connectivity index (χ1v) is 8.93. The van der Waals surface area contributed by atoms with Crippen molar-refractivity contribution in [3.8, 4) is 0 Å². The zero-order valence-electron chi connectivity index (χ0n) is 15.8. The lowest BCUT2D eigenvalue weighted by molar-refractivity contribution is -0.137. The third kappa shape index (κ3) is 5.74. The Balaban J connectivity index is 2.11. The molecule has 0 bridgehead atoms. The SMILES string of the molecule is CCCNC(=O)N(Cc1nccn1Cc1ccc(C(F)(F)F)cc1)C(C)C. The molecule has 1 aromatic heterocycles. The van der Waals surface area contributed by atoms with Gasteiger partial charge in [0.2, 0.25) is 0 Å². The number of imidazole rings is 1. The van der Waals surface area contributed by atoms with Gasteiger partial charge in [-0.25, -0.2) is 9.78 Å². The van der Waals surface area contributed by atoms with Crippen molar-refractivity contribution < 1.29 is 18.0 Å². The van der Waals surface area contributed by atoms with Crippen molar-refractivity contribution in [2.24, 2.45) is 0 Å². The van der Waals surface area contributed by atoms with Crippen LogP contribution in [0.1, 0.15) is 44.1 Å². The fourth-order valence-corrected chi connectivity index (χ4v) is 2.61. The van der Waals surface area contributed by atoms with E-state index in [-0.39, 0.29) is 12.1 Å². The van der Waals surface area contributed by atoms with Gasteiger partial charge in [0.15, 0.2) is 0 Å². The number of halogens is 3. The maximum absolute atomic E-state index is 12.7. The second-order valence-corrected chi connectivity index (χ2v) is 6.62. The van der Waals surface area contributed by atoms with Crippen LogP contribution in [-0.4, -0.2) is 33.1 Å². The van der Waals surface area contributed by atoms with Gasteiger partial charge in [0.25, 0.3) is 0 Å². The largest absolute Gasteiger partial charge is 0.416 e. The lowest BCUT2D eigenvalue weighted by Crippen LogP contribution is -2.44. The van der Waals surface area contributed by atoms with E-state index in [1.54, 1.807) is 17.3 Å². The quantitative estimate of drug-likeness (QED) is 0.777. The molecule has 0 aliphatic rings. The minimum Gasteiger partial charge on any atom is -0.338 e. The Hall–Kier alpha value is -2.51. The molecule has 1 aromatic carbocycles. The number of rotatable bonds is 7. The molecule has 5 nitrogen and oxygen atoms in total. The molecule has 0 unspecified atom stereocenters. The number of aromatic nitrogens is 2. The summed E-state index contributed by atoms with van der Waals surface area (Å²) in [6.45, 7) is 7.14. The molecule has 0 saturated heterocycles. The van der Waals surface area contributed by atoms with Gasteiger partial charge in [0, 0.05) is 31.5 Å². The van der Waals surface area contributed by atoms with E-state index in [9.17, 15) is 18.0 Å². The van der Waals surface area contributed by atoms with Gasteiger partial charge in [-0.1, -0.05) is 19.1 Å². The van der Waals surface area contributed by atoms with Gasteiger partial charge < -0.3 is 14.8 Å². The van der Waals surface area contributed by atoms with Gasteiger partial charge in [-0.15, -0.1) is 0 Å². The van der Waals surface area contributed by atoms with Crippen LogP contribution in [0.5, 0.6) is 0 Å². The molecule has 0 radical (unpaired) electrons. The van der Waals surface area contributed by atoms with E-state index in [2.05, 4.69) is 10.3 Å². The van der Waals surface area contributed by atoms with Crippen molar-refractivity contribution in [1.82, 2.24) is 19.8 Å². The van der Waals surface area contributed by atoms with Crippen LogP contribution < -0.4 is 5.32 Å². The Kier molecular flexibility index (Phi) is 6.87. The van der Waals surface area contributed by atoms with Gasteiger partial charge in [-0.3, -0.25) is 0 Å². The van der Waals surface area contributed by atoms with Crippen LogP contribution in [0.2, 0.25) is 0 Å². The second kappa shape index (κ2) is 8.92. The number of amides is 2. The summed E-state index contributed by atoms with van der Waals surface area (Å²) >= 11 is 0. The first kappa shape index (κ1) is 20.8. The Bertz CT molecular complexity index is 738. The average Bonchev–Trinajstić information content (AvgIpc) is 3.03. The van der Waals surface area contributed by atoms with Crippen molar-refractivity contribution in [3.05, 3.63) is 53.6 Å². The predicted octanol–water partition coefficient (Wildman–Crippen LogP) is 4.28. The van der Waals surface area contributed by atoms with Gasteiger partial charge >= 0.3 is 12.2 Å². The molecule has 0 saturated carbocycles. The smallest absolute Gasteiger partial charge is 0.338 e. The molecule has 2 rings (SSSR count). The first-order chi connectivity index (χ1) is 12.7. The van der Waals surface area contributed by atoms with Crippen molar-refractivity contribution in [3.63, 3.8) is 0 Å². The zero-order chi connectivity index (χ0) is 20.0. The summed E-state index contributed by atoms with van der Waals surface area (Å²) in [5.41, 5.74) is 0.0597. The van der Waals surface area contributed by atoms with Crippen LogP contribution in [0.4, 0.5) is 18.0 Å². The number of hydrogen-bond donors (Lipinski definition) is 1. The van der Waals surface area contributed by atoms with E-state index < -0.39 is 11.7 Å². The van der Waals surface area contributed by atoms with Crippen LogP contribution in [0.25, 0.3) is 0 Å². The standard InChI is InChI=1S/C19H25F3N4O/c1-4-9-24-18(27)26(14(2)3)13-17-23-10-11-25(17)12-15-5-7-16(8-6-15)19(20,21)22/h5-8,10-11,14H,4,9,12-13H2,1-3H3,(H,24,27). The van der Waals surface area contributed by atoms with Gasteiger partial charge in [0.05, 0.1) is 12.1 Å². The molecule has 1 N–H and O–H groups in total. The lowest BCUT2D eigenvalue weighted by Gasteiger charge is -2.27. The number of benzene rings is 1. The number of nitrogens with zero attached hydrogens (tertiary/aromatic N) is 3. The monoisotopic (exact) mass is 382 g/mol. The summed E-state index contributed by atoms with van der Waals surface area (Å²) in [6.07, 6.45) is -0.111. The van der Waals surface area contributed by atoms with Crippen molar-refractivity contribution in [2.75, 3.05) is 6.54 Å². The fourth-order valence-electron chi connectivity index (χ4n) is 2.61. The summed E-state index contributed by atoms with van der Waals surface area (Å²) in [5, 5.41) is 2.86. The Morgan fingerprint density at radius 3 is 2.48 bits per heavy atom. The molecule has 0 atom stereocenters. The second-order valence-electron chi connectivity index (χ2n) is 6.62. The number of hydrogen-bond acceptors (Lipinski definition) is 2. The number of alkyl halides is 3. The van der Waals surface area contributed by atoms with Crippen LogP contribution in [0, 0.1) is 0 Å². The van der Waals surface area contributed by atoms with Crippen LogP contribution in [-0.2, 0) is 19.3 Å². The summed E-state index contributed by atoms with van der Waals surface area (Å²) in [7, 11) is 0. The molecule has 2 aromatic rings. The number of nitrogens with one attached hydrogen (secondary N) is 1. The van der Waals surface area contributed by atoms with E-state index in [1.807, 2.05) is 25.3 Å². The molecule has 148 valence electrons. The molecular formula is C19H25F3N4O. The minimum absolute atomic E-state index is 0.0157. The number of carbonyl (C=O) groups is 1. The van der Waals surface area contributed by atoms with Crippen molar-refractivity contribution in [2.45, 2.75) is 52.5 Å². The van der Waals surface area contributed by atoms with Crippen LogP contribution in [0.15, 0.2) is 36.7 Å². The van der Waals surface area contributed by atoms with Crippen LogP contribution in [0.3, 0.4) is 0 Å². The first-order valence-electron chi connectivity index (χ1n) is 8.93. The molecular weight excluding hydrogens is 357 g/mol. The average molecular weight is 382 g/mol. The molecule has 8 heteroatoms. The van der Waals surface area contributed by atoms with Crippen molar-refractivity contribution in [1.29, 1.82) is 0 Å². The molecule has 27 heavy (non-hydrogen) atoms. The van der Waals surface area contributed by atoms with E-state index in [4.69, 9.17) is 0 Å². The molecule has 0 fully saturated rings. The Morgan fingerprint density at radius 1 is 1.26 bits per heavy atom. The highest BCUT2D eigenvalue weighted by atomic mass is 19.4. The van der Waals surface area contributed by atoms with E-state index in [0.29, 0.717) is 25.5 Å². The van der Waals surface area contributed by atoms with Crippen LogP contribution >= 0.6 is 0 Å². The number of urea groups is 1. The van der Waals surface area contributed by atoms with E-state index in [1.165, 1.54) is 12.1 Å². The Labute approximate surface area is 157 Å². The van der Waals surface area contributed by atoms with Crippen molar-refractivity contribution >= 4 is 6.03 Å². The third-order valence-corrected chi connectivity index (χ3v) is 4.16. The fraction of sp³-hybridized carbons (Fsp3) is 0.474. The summed E-state index contributed by atoms with van der Waals surface area (Å²) < 4.78 is 39.9. The van der Waals surface area contributed by atoms with Gasteiger partial charge in [-0.05, 0) is 38.0 Å². The normalized spacial score (nSPS) is 11.7.